The number of phosphoric acid groups is 3. The number of alkyl carbamates (subject to hydrolysis) is 2. The minimum absolute atomic E-state index is 0. The van der Waals surface area contributed by atoms with Crippen LogP contribution in [0.3, 0.4) is 0 Å². The van der Waals surface area contributed by atoms with E-state index in [1.165, 1.54) is 50.2 Å². The molecule has 0 bridgehead atoms. The van der Waals surface area contributed by atoms with E-state index in [4.69, 9.17) is 77.0 Å². The molecular weight excluding hydrogens is 1620 g/mol. The number of fused-ring (bicyclic) bond motifs is 3. The molecule has 1 fully saturated rings. The van der Waals surface area contributed by atoms with Crippen molar-refractivity contribution in [3.05, 3.63) is 117 Å². The molecule has 0 aliphatic carbocycles. The number of hydrogen-bond donors (Lipinski definition) is 9. The van der Waals surface area contributed by atoms with Crippen molar-refractivity contribution < 1.29 is 113 Å². The highest BCUT2D eigenvalue weighted by Gasteiger charge is 2.46. The van der Waals surface area contributed by atoms with E-state index >= 15 is 0 Å². The van der Waals surface area contributed by atoms with Crippen LogP contribution in [0.5, 0.6) is 0 Å². The minimum atomic E-state index is -5.78. The zero-order valence-electron chi connectivity index (χ0n) is 64.9. The summed E-state index contributed by atoms with van der Waals surface area (Å²) >= 11 is 5.35. The smallest absolute Gasteiger partial charge is 0.450 e. The van der Waals surface area contributed by atoms with Gasteiger partial charge in [-0.3, -0.25) is 19.1 Å². The van der Waals surface area contributed by atoms with E-state index in [-0.39, 0.29) is 71.0 Å². The first-order chi connectivity index (χ1) is 52.9. The second-order valence-corrected chi connectivity index (χ2v) is 37.7. The quantitative estimate of drug-likeness (QED) is 0.00378. The predicted octanol–water partition coefficient (Wildman–Crippen LogP) is 10.7. The lowest BCUT2D eigenvalue weighted by atomic mass is 9.81. The Balaban J connectivity index is 0.000000467. The van der Waals surface area contributed by atoms with Gasteiger partial charge in [-0.25, -0.2) is 23.3 Å². The average molecular weight is 1730 g/mol. The second-order valence-electron chi connectivity index (χ2n) is 26.8. The summed E-state index contributed by atoms with van der Waals surface area (Å²) in [6.45, 7) is 28.7. The number of carbonyl (C=O) groups is 3. The van der Waals surface area contributed by atoms with Crippen molar-refractivity contribution in [2.45, 2.75) is 162 Å². The van der Waals surface area contributed by atoms with Gasteiger partial charge in [-0.15, -0.1) is 12.6 Å². The molecule has 7 rings (SSSR count). The Labute approximate surface area is 672 Å². The molecule has 0 spiro atoms. The Hall–Kier alpha value is -5.98. The standard InChI is InChI=1S/C40H55N3O3.C31H51N6O18P3S4.O3S.H2/c1-8-42-34-19-16-15-18-32(34)39(4,5)36(42)20-12-10-13-21-37-40(6,7)33-30-31(3)23-24-35(33)43(37)26-17-11-14-22-38(44)41-25-27-46-29-28-45-9-2;1-5-33-29(39)50-15-11-31(3,4)61-60-19-48-13-7-8-14-49-30(40)34-12-9-10-21-17-37(26-25(21)27(38)36-28(32)35-26)24-16-22(51-20-62(59)6-2)23(53-24)18-52-57(44,45)55-58(46,47)54-56(41,42)43;1-4(2)3;/h10,12-13,15-16,18-21,23-24,30H,8-9,11,14,17,22,25-29H2,1-7H3;17,22-24H,5-8,11-16,18-20H2,1-4H3,(H,33,39)(H,34,40)(H,44,45)(H,46,47)(H2,41,42,43)(H3,32,35,36,38);;1H/p+1/t;22-,23+,24+,62?;;/m.0../s1. The molecule has 1 saturated heterocycles. The van der Waals surface area contributed by atoms with Gasteiger partial charge in [0.15, 0.2) is 11.4 Å². The molecule has 4 aromatic rings. The summed E-state index contributed by atoms with van der Waals surface area (Å²) in [6, 6.07) is 15.6. The molecule has 0 saturated carbocycles. The number of rotatable bonds is 43. The largest absolute Gasteiger partial charge is 0.490 e. The van der Waals surface area contributed by atoms with Gasteiger partial charge in [0.05, 0.1) is 74.6 Å². The first-order valence-corrected chi connectivity index (χ1v) is 46.6. The fraction of sp³-hybridized carbons (Fsp3) is 0.577. The van der Waals surface area contributed by atoms with Crippen LogP contribution in [0.4, 0.5) is 26.9 Å². The fourth-order valence-corrected chi connectivity index (χ4v) is 17.9. The summed E-state index contributed by atoms with van der Waals surface area (Å²) in [5.41, 5.74) is 14.6. The minimum Gasteiger partial charge on any atom is -0.450 e. The van der Waals surface area contributed by atoms with Gasteiger partial charge in [0.2, 0.25) is 17.5 Å². The van der Waals surface area contributed by atoms with E-state index in [0.717, 1.165) is 32.4 Å². The highest BCUT2D eigenvalue weighted by atomic mass is 33.1. The third kappa shape index (κ3) is 32.6. The monoisotopic (exact) mass is 1720 g/mol. The van der Waals surface area contributed by atoms with Crippen molar-refractivity contribution >= 4 is 128 Å². The van der Waals surface area contributed by atoms with Crippen molar-refractivity contribution in [3.8, 4) is 11.8 Å². The maximum atomic E-state index is 13.1. The first-order valence-electron chi connectivity index (χ1n) is 36.3. The number of nitrogens with zero attached hydrogens (tertiary/aromatic N) is 4. The second kappa shape index (κ2) is 47.3. The third-order valence-electron chi connectivity index (χ3n) is 17.2. The number of benzene rings is 2. The molecule has 2 aromatic carbocycles. The van der Waals surface area contributed by atoms with Gasteiger partial charge in [0.1, 0.15) is 24.8 Å². The van der Waals surface area contributed by atoms with Crippen LogP contribution >= 0.6 is 45.1 Å². The summed E-state index contributed by atoms with van der Waals surface area (Å²) in [6.07, 6.45) is 13.7. The van der Waals surface area contributed by atoms with Crippen molar-refractivity contribution in [2.75, 3.05) is 114 Å². The Kier molecular flexibility index (Phi) is 40.8. The maximum absolute atomic E-state index is 13.1. The van der Waals surface area contributed by atoms with Gasteiger partial charge in [0, 0.05) is 99.0 Å². The number of H-pyrrole nitrogens is 1. The number of ether oxygens (including phenoxy) is 7. The zero-order valence-corrected chi connectivity index (χ0v) is 71.7. The number of hydrogen-bond acceptors (Lipinski definition) is 26. The Bertz CT molecular complexity index is 4360. The fourth-order valence-electron chi connectivity index (χ4n) is 11.9. The molecule has 0 radical (unpaired) electrons. The number of aromatic amines is 1. The molecule has 626 valence electrons. The van der Waals surface area contributed by atoms with E-state index in [9.17, 15) is 42.7 Å². The number of likely N-dealkylation sites (N-methyl/N-ethyl adjacent to an activating group) is 1. The van der Waals surface area contributed by atoms with Gasteiger partial charge in [-0.1, -0.05) is 112 Å². The van der Waals surface area contributed by atoms with E-state index in [1.54, 1.807) is 21.6 Å². The lowest BCUT2D eigenvalue weighted by Gasteiger charge is -2.25. The number of amides is 3. The molecule has 10 N–H and O–H groups in total. The van der Waals surface area contributed by atoms with Gasteiger partial charge in [-0.2, -0.15) is 18.2 Å². The van der Waals surface area contributed by atoms with Crippen LogP contribution in [-0.4, -0.2) is 195 Å². The molecule has 5 heterocycles. The van der Waals surface area contributed by atoms with Gasteiger partial charge < -0.3 is 83.9 Å². The van der Waals surface area contributed by atoms with E-state index < -0.39 is 86.3 Å². The normalized spacial score (nSPS) is 18.0. The lowest BCUT2D eigenvalue weighted by molar-refractivity contribution is -0.438. The third-order valence-corrected chi connectivity index (χ3v) is 26.1. The number of nitrogens with one attached hydrogen (secondary N) is 4. The van der Waals surface area contributed by atoms with Crippen molar-refractivity contribution in [2.24, 2.45) is 0 Å². The number of nitrogen functional groups attached to an aromatic ring is 1. The van der Waals surface area contributed by atoms with Crippen LogP contribution in [0.25, 0.3) is 11.0 Å². The summed E-state index contributed by atoms with van der Waals surface area (Å²) in [4.78, 5) is 95.2. The molecule has 41 heteroatoms. The lowest BCUT2D eigenvalue weighted by Crippen LogP contribution is -2.30. The molecule has 3 amide bonds. The highest BCUT2D eigenvalue weighted by molar-refractivity contribution is 8.77. The molecule has 33 nitrogen and oxygen atoms in total. The Morgan fingerprint density at radius 2 is 1.57 bits per heavy atom. The van der Waals surface area contributed by atoms with Gasteiger partial charge >= 0.3 is 46.3 Å². The summed E-state index contributed by atoms with van der Waals surface area (Å²) in [5.74, 6) is 6.56. The van der Waals surface area contributed by atoms with E-state index in [0.29, 0.717) is 90.1 Å². The molecule has 2 aromatic heterocycles. The number of anilines is 2. The van der Waals surface area contributed by atoms with Crippen LogP contribution in [0, 0.1) is 18.8 Å². The van der Waals surface area contributed by atoms with Crippen LogP contribution < -0.4 is 32.1 Å². The molecular formula is C71H109N9O24P3S5+. The summed E-state index contributed by atoms with van der Waals surface area (Å²) < 4.78 is 115. The van der Waals surface area contributed by atoms with Crippen LogP contribution in [0.2, 0.25) is 0 Å². The molecule has 3 aliphatic heterocycles. The number of unbranched alkanes of at least 4 members (excludes halogenated alkanes) is 3. The number of allylic oxidation sites excluding steroid dienone is 6. The van der Waals surface area contributed by atoms with Crippen molar-refractivity contribution in [1.29, 1.82) is 0 Å². The van der Waals surface area contributed by atoms with Crippen LogP contribution in [-0.2, 0) is 107 Å². The predicted molar refractivity (Wildman–Crippen MR) is 437 cm³/mol. The van der Waals surface area contributed by atoms with Crippen LogP contribution in [0.1, 0.15) is 151 Å². The summed E-state index contributed by atoms with van der Waals surface area (Å²) in [5, 5.41) is 8.08. The molecule has 112 heavy (non-hydrogen) atoms. The maximum Gasteiger partial charge on any atom is 0.490 e. The van der Waals surface area contributed by atoms with Crippen LogP contribution in [0.15, 0.2) is 89.5 Å². The number of para-hydroxylation sites is 1. The van der Waals surface area contributed by atoms with E-state index in [2.05, 4.69) is 184 Å². The molecule has 6 atom stereocenters. The summed E-state index contributed by atoms with van der Waals surface area (Å²) in [7, 11) is -17.4. The first kappa shape index (κ1) is 96.6. The zero-order chi connectivity index (χ0) is 82.9. The molecule has 3 unspecified atom stereocenters. The Morgan fingerprint density at radius 3 is 2.28 bits per heavy atom. The SMILES string of the molecule is CCNC(=O)OCCC(C)(C)SSCOCCCCOC(=O)NCC#Cc1cn([C@H]2C[C@H](OCS(=S)CC)[C@@H](COP(=O)(O)OP(=O)(O)OP(=O)(O)O)O2)c2nc(N)[nH]c(=O)c12.CCOCCOCCNC(=O)CCCCC[N+]1=C(/C=C/C=C/C=C2\N(CC)c3ccccc3C2(C)C)C(C)(C)c2cc(C)ccc21.O=S(=O)=O.[HH]. The van der Waals surface area contributed by atoms with Gasteiger partial charge in [-0.05, 0) is 128 Å². The van der Waals surface area contributed by atoms with E-state index in [1.807, 2.05) is 20.8 Å². The topological polar surface area (TPSA) is 446 Å². The number of aromatic nitrogens is 3. The number of nitrogens with two attached hydrogens (primary N) is 1. The Morgan fingerprint density at radius 1 is 0.866 bits per heavy atom. The molecule has 3 aliphatic rings. The number of carbonyl (C=O) groups excluding carboxylic acids is 3. The number of phosphoric ester groups is 1. The van der Waals surface area contributed by atoms with Gasteiger partial charge in [0.25, 0.3) is 5.56 Å². The highest BCUT2D eigenvalue weighted by Crippen LogP contribution is 2.66. The van der Waals surface area contributed by atoms with Crippen molar-refractivity contribution in [3.63, 3.8) is 0 Å². The average Bonchev–Trinajstić information content (AvgIpc) is 1.61. The van der Waals surface area contributed by atoms with Crippen molar-refractivity contribution in [1.82, 2.24) is 30.5 Å². The number of aryl methyl sites for hydroxylation is 1.